The third kappa shape index (κ3) is 2.46. The fourth-order valence-corrected chi connectivity index (χ4v) is 2.20. The van der Waals surface area contributed by atoms with E-state index in [0.29, 0.717) is 0 Å². The maximum atomic E-state index is 5.08. The van der Waals surface area contributed by atoms with Gasteiger partial charge in [-0.3, -0.25) is 0 Å². The van der Waals surface area contributed by atoms with Crippen molar-refractivity contribution in [3.8, 4) is 0 Å². The smallest absolute Gasteiger partial charge is 0.0950 e. The van der Waals surface area contributed by atoms with Crippen LogP contribution in [0.5, 0.6) is 0 Å². The zero-order valence-corrected chi connectivity index (χ0v) is 9.67. The summed E-state index contributed by atoms with van der Waals surface area (Å²) in [6.45, 7) is 2.03. The van der Waals surface area contributed by atoms with Crippen molar-refractivity contribution in [1.82, 2.24) is 10.3 Å². The number of aryl methyl sites for hydroxylation is 1. The van der Waals surface area contributed by atoms with E-state index in [2.05, 4.69) is 15.7 Å². The molecule has 2 heterocycles. The van der Waals surface area contributed by atoms with Crippen LogP contribution in [0.1, 0.15) is 22.3 Å². The highest BCUT2D eigenvalue weighted by Gasteiger charge is 2.12. The molecule has 0 aliphatic heterocycles. The van der Waals surface area contributed by atoms with Gasteiger partial charge in [0.25, 0.3) is 0 Å². The summed E-state index contributed by atoms with van der Waals surface area (Å²) in [6.07, 6.45) is 4.38. The van der Waals surface area contributed by atoms with Gasteiger partial charge >= 0.3 is 0 Å². The van der Waals surface area contributed by atoms with E-state index < -0.39 is 0 Å². The molecule has 1 atom stereocenters. The lowest BCUT2D eigenvalue weighted by Crippen LogP contribution is -2.18. The van der Waals surface area contributed by atoms with Crippen molar-refractivity contribution < 1.29 is 4.42 Å². The summed E-state index contributed by atoms with van der Waals surface area (Å²) in [7, 11) is 1.96. The second-order valence-electron chi connectivity index (χ2n) is 3.46. The van der Waals surface area contributed by atoms with E-state index in [0.717, 1.165) is 17.1 Å². The van der Waals surface area contributed by atoms with Gasteiger partial charge in [-0.05, 0) is 20.0 Å². The lowest BCUT2D eigenvalue weighted by atomic mass is 10.1. The Morgan fingerprint density at radius 3 is 3.00 bits per heavy atom. The molecular weight excluding hydrogens is 208 g/mol. The lowest BCUT2D eigenvalue weighted by Gasteiger charge is -2.12. The highest BCUT2D eigenvalue weighted by molar-refractivity contribution is 7.09. The predicted octanol–water partition coefficient (Wildman–Crippen LogP) is 2.55. The first kappa shape index (κ1) is 10.4. The average molecular weight is 222 g/mol. The average Bonchev–Trinajstić information content (AvgIpc) is 2.85. The van der Waals surface area contributed by atoms with Gasteiger partial charge in [0.15, 0.2) is 0 Å². The number of thiazole rings is 1. The third-order valence-corrected chi connectivity index (χ3v) is 3.20. The standard InChI is InChI=1S/C11H14N2OS/c1-8-13-10(7-15-8)5-11(12-2)9-3-4-14-6-9/h3-4,6-7,11-12H,5H2,1-2H3. The molecule has 0 radical (unpaired) electrons. The number of furan rings is 1. The summed E-state index contributed by atoms with van der Waals surface area (Å²) in [4.78, 5) is 4.46. The van der Waals surface area contributed by atoms with Crippen LogP contribution >= 0.6 is 11.3 Å². The van der Waals surface area contributed by atoms with Crippen LogP contribution in [0, 0.1) is 6.92 Å². The third-order valence-electron chi connectivity index (χ3n) is 2.37. The van der Waals surface area contributed by atoms with Gasteiger partial charge < -0.3 is 9.73 Å². The molecule has 0 saturated carbocycles. The predicted molar refractivity (Wildman–Crippen MR) is 61.1 cm³/mol. The minimum absolute atomic E-state index is 0.283. The Morgan fingerprint density at radius 1 is 1.60 bits per heavy atom. The number of hydrogen-bond donors (Lipinski definition) is 1. The summed E-state index contributed by atoms with van der Waals surface area (Å²) < 4.78 is 5.08. The van der Waals surface area contributed by atoms with Crippen molar-refractivity contribution in [2.45, 2.75) is 19.4 Å². The van der Waals surface area contributed by atoms with Gasteiger partial charge in [0.05, 0.1) is 23.2 Å². The Hall–Kier alpha value is -1.13. The van der Waals surface area contributed by atoms with Gasteiger partial charge in [-0.1, -0.05) is 0 Å². The van der Waals surface area contributed by atoms with Crippen LogP contribution in [0.15, 0.2) is 28.4 Å². The van der Waals surface area contributed by atoms with Gasteiger partial charge in [0.1, 0.15) is 0 Å². The SMILES string of the molecule is CNC(Cc1csc(C)n1)c1ccoc1. The Kier molecular flexibility index (Phi) is 3.18. The second kappa shape index (κ2) is 4.59. The largest absolute Gasteiger partial charge is 0.472 e. The van der Waals surface area contributed by atoms with Crippen LogP contribution in [0.3, 0.4) is 0 Å². The number of rotatable bonds is 4. The Morgan fingerprint density at radius 2 is 2.47 bits per heavy atom. The van der Waals surface area contributed by atoms with Gasteiger partial charge in [-0.15, -0.1) is 11.3 Å². The van der Waals surface area contributed by atoms with Gasteiger partial charge in [0, 0.05) is 23.4 Å². The highest BCUT2D eigenvalue weighted by Crippen LogP contribution is 2.19. The van der Waals surface area contributed by atoms with Crippen molar-refractivity contribution in [1.29, 1.82) is 0 Å². The van der Waals surface area contributed by atoms with Crippen LogP contribution in [0.4, 0.5) is 0 Å². The number of nitrogens with zero attached hydrogens (tertiary/aromatic N) is 1. The molecule has 0 aliphatic carbocycles. The normalized spacial score (nSPS) is 12.9. The van der Waals surface area contributed by atoms with Gasteiger partial charge in [0.2, 0.25) is 0 Å². The van der Waals surface area contributed by atoms with E-state index in [1.807, 2.05) is 20.0 Å². The number of nitrogens with one attached hydrogen (secondary N) is 1. The maximum absolute atomic E-state index is 5.08. The second-order valence-corrected chi connectivity index (χ2v) is 4.52. The molecule has 1 unspecified atom stereocenters. The molecule has 0 bridgehead atoms. The number of likely N-dealkylation sites (N-methyl/N-ethyl adjacent to an activating group) is 1. The summed E-state index contributed by atoms with van der Waals surface area (Å²) in [5, 5.41) is 6.50. The lowest BCUT2D eigenvalue weighted by molar-refractivity contribution is 0.540. The Balaban J connectivity index is 2.09. The first-order valence-electron chi connectivity index (χ1n) is 4.90. The van der Waals surface area contributed by atoms with Crippen molar-refractivity contribution >= 4 is 11.3 Å². The van der Waals surface area contributed by atoms with E-state index in [9.17, 15) is 0 Å². The number of hydrogen-bond acceptors (Lipinski definition) is 4. The molecule has 0 fully saturated rings. The molecule has 0 aromatic carbocycles. The van der Waals surface area contributed by atoms with Gasteiger partial charge in [-0.25, -0.2) is 4.98 Å². The molecule has 1 N–H and O–H groups in total. The molecular formula is C11H14N2OS. The summed E-state index contributed by atoms with van der Waals surface area (Å²) in [6, 6.07) is 2.27. The van der Waals surface area contributed by atoms with Crippen LogP contribution in [0.25, 0.3) is 0 Å². The van der Waals surface area contributed by atoms with E-state index in [1.165, 1.54) is 5.56 Å². The van der Waals surface area contributed by atoms with E-state index in [1.54, 1.807) is 23.9 Å². The minimum atomic E-state index is 0.283. The molecule has 0 amide bonds. The van der Waals surface area contributed by atoms with E-state index in [-0.39, 0.29) is 6.04 Å². The van der Waals surface area contributed by atoms with Gasteiger partial charge in [-0.2, -0.15) is 0 Å². The van der Waals surface area contributed by atoms with Crippen LogP contribution in [-0.4, -0.2) is 12.0 Å². The van der Waals surface area contributed by atoms with Crippen molar-refractivity contribution in [3.05, 3.63) is 40.2 Å². The molecule has 0 spiro atoms. The van der Waals surface area contributed by atoms with Crippen LogP contribution in [-0.2, 0) is 6.42 Å². The van der Waals surface area contributed by atoms with Crippen molar-refractivity contribution in [2.24, 2.45) is 0 Å². The summed E-state index contributed by atoms with van der Waals surface area (Å²) >= 11 is 1.69. The van der Waals surface area contributed by atoms with Crippen LogP contribution in [0.2, 0.25) is 0 Å². The summed E-state index contributed by atoms with van der Waals surface area (Å²) in [5.41, 5.74) is 2.31. The topological polar surface area (TPSA) is 38.1 Å². The van der Waals surface area contributed by atoms with Crippen LogP contribution < -0.4 is 5.32 Å². The van der Waals surface area contributed by atoms with E-state index >= 15 is 0 Å². The molecule has 2 rings (SSSR count). The zero-order chi connectivity index (χ0) is 10.7. The Bertz CT molecular complexity index is 408. The molecule has 0 saturated heterocycles. The molecule has 4 heteroatoms. The summed E-state index contributed by atoms with van der Waals surface area (Å²) in [5.74, 6) is 0. The van der Waals surface area contributed by atoms with Crippen molar-refractivity contribution in [3.63, 3.8) is 0 Å². The maximum Gasteiger partial charge on any atom is 0.0950 e. The molecule has 2 aromatic rings. The molecule has 2 aromatic heterocycles. The number of aromatic nitrogens is 1. The first-order chi connectivity index (χ1) is 7.29. The van der Waals surface area contributed by atoms with E-state index in [4.69, 9.17) is 4.42 Å². The molecule has 80 valence electrons. The van der Waals surface area contributed by atoms with Crippen molar-refractivity contribution in [2.75, 3.05) is 7.05 Å². The molecule has 0 aliphatic rings. The molecule has 3 nitrogen and oxygen atoms in total. The fraction of sp³-hybridized carbons (Fsp3) is 0.364. The first-order valence-corrected chi connectivity index (χ1v) is 5.78. The molecule has 15 heavy (non-hydrogen) atoms. The Labute approximate surface area is 93.2 Å². The minimum Gasteiger partial charge on any atom is -0.472 e. The zero-order valence-electron chi connectivity index (χ0n) is 8.86. The fourth-order valence-electron chi connectivity index (χ4n) is 1.57. The highest BCUT2D eigenvalue weighted by atomic mass is 32.1. The monoisotopic (exact) mass is 222 g/mol. The quantitative estimate of drug-likeness (QED) is 0.864.